The first-order chi connectivity index (χ1) is 68.9. The van der Waals surface area contributed by atoms with E-state index in [1.54, 1.807) is 101 Å². The van der Waals surface area contributed by atoms with Crippen LogP contribution in [-0.4, -0.2) is 229 Å². The number of ether oxygens (including phenoxy) is 8. The number of amides is 8. The van der Waals surface area contributed by atoms with E-state index in [1.807, 2.05) is 0 Å². The molecule has 20 rings (SSSR count). The number of hydrogen-bond donors (Lipinski definition) is 4. The van der Waals surface area contributed by atoms with E-state index in [1.165, 1.54) is 63.5 Å². The number of likely N-dealkylation sites (N-methyl/N-ethyl adjacent to an activating group) is 4. The van der Waals surface area contributed by atoms with Gasteiger partial charge in [0.2, 0.25) is 23.6 Å². The Morgan fingerprint density at radius 3 is 0.881 bits per heavy atom. The van der Waals surface area contributed by atoms with Gasteiger partial charge in [0.15, 0.2) is 29.4 Å². The van der Waals surface area contributed by atoms with E-state index in [4.69, 9.17) is 43.6 Å². The molecule has 0 radical (unpaired) electrons. The van der Waals surface area contributed by atoms with Gasteiger partial charge in [0.05, 0.1) is 129 Å². The Morgan fingerprint density at radius 1 is 0.378 bits per heavy atom. The minimum absolute atomic E-state index is 0.0167. The fraction of sp³-hybridized carbons (Fsp3) is 0.406. The van der Waals surface area contributed by atoms with E-state index in [2.05, 4.69) is 113 Å². The summed E-state index contributed by atoms with van der Waals surface area (Å²) in [4.78, 5) is 183. The second kappa shape index (κ2) is 50.7. The molecule has 4 aromatic heterocycles. The van der Waals surface area contributed by atoms with Gasteiger partial charge in [-0.25, -0.2) is 56.7 Å². The number of carbonyl (C=O) groups excluding carboxylic acids is 13. The van der Waals surface area contributed by atoms with Crippen molar-refractivity contribution in [3.05, 3.63) is 188 Å². The first kappa shape index (κ1) is 109. The number of anilines is 8. The van der Waals surface area contributed by atoms with Gasteiger partial charge in [-0.2, -0.15) is 0 Å². The molecule has 0 bridgehead atoms. The topological polar surface area (TPSA) is 435 Å². The molecule has 0 aliphatic carbocycles. The van der Waals surface area contributed by atoms with Crippen molar-refractivity contribution in [2.75, 3.05) is 146 Å². The van der Waals surface area contributed by atoms with Crippen LogP contribution in [0.2, 0.25) is 0 Å². The number of nitrogens with one attached hydrogen (secondary N) is 3. The van der Waals surface area contributed by atoms with Crippen LogP contribution in [0, 0.1) is 23.3 Å². The van der Waals surface area contributed by atoms with E-state index < -0.39 is 30.2 Å². The number of pyridine rings is 4. The van der Waals surface area contributed by atoms with Gasteiger partial charge >= 0.3 is 124 Å². The maximum atomic E-state index is 14.4. The normalized spacial score (nSPS) is 18.5. The predicted octanol–water partition coefficient (Wildman–Crippen LogP) is 8.77. The summed E-state index contributed by atoms with van der Waals surface area (Å²) in [6.07, 6.45) is 5.18. The third kappa shape index (κ3) is 26.8. The molecule has 5 N–H and O–H groups in total. The number of aromatic nitrogens is 4. The van der Waals surface area contributed by atoms with Gasteiger partial charge in [-0.15, -0.1) is 0 Å². The second-order valence-electron chi connectivity index (χ2n) is 34.7. The summed E-state index contributed by atoms with van der Waals surface area (Å²) in [7, 11) is 7.17. The Balaban J connectivity index is 0.000000143. The first-order valence-corrected chi connectivity index (χ1v) is 67.3. The third-order valence-electron chi connectivity index (χ3n) is 25.1. The summed E-state index contributed by atoms with van der Waals surface area (Å²) in [5.41, 5.74) is 14.7. The number of nitrogens with two attached hydrogens (primary N) is 1. The molecule has 4 atom stereocenters. The molecule has 0 saturated carbocycles. The Labute approximate surface area is 878 Å². The SMILES string of the molecule is CN1C(=O)Cc2ccc(F)c(C=O)c21.CN1C(=O)Cc2ccc(F)c(CNCCCC3CN(c4ccc5c(n4)CC(=O)CO5)C(=O)O3)c21.CN1C(=O)Cc2ccc(F)c(CNCCCC3CN(c4ccc5c(n4)CC(=O)CO5)C(=O)O3)c21.CN1C(=O)Cc2ccc(F)c(CNCCCC3CN(c4ccc5c(n4)CC(=O)CO5)C(=O)O3)c21.I[I-]I.NCCCC1CN(c2ccc3c(n2)CC(=O)CO3)C(=O)O1.[I][V][I]. The van der Waals surface area contributed by atoms with Crippen LogP contribution in [0.25, 0.3) is 0 Å². The van der Waals surface area contributed by atoms with E-state index in [0.717, 1.165) is 48.8 Å². The van der Waals surface area contributed by atoms with Crippen molar-refractivity contribution in [1.29, 1.82) is 0 Å². The number of benzene rings is 4. The van der Waals surface area contributed by atoms with Crippen molar-refractivity contribution in [1.82, 2.24) is 35.9 Å². The summed E-state index contributed by atoms with van der Waals surface area (Å²) in [6, 6.07) is 25.7. The van der Waals surface area contributed by atoms with Gasteiger partial charge in [-0.3, -0.25) is 62.8 Å². The number of hydrogen-bond acceptors (Lipinski definition) is 29. The number of Topliss-reactive ketones (excluding diaryl/α,β-unsaturated/α-hetero) is 4. The number of rotatable bonds is 26. The summed E-state index contributed by atoms with van der Waals surface area (Å²) >= 11 is 10.0. The summed E-state index contributed by atoms with van der Waals surface area (Å²) in [5, 5.41) is 9.70. The Morgan fingerprint density at radius 2 is 0.622 bits per heavy atom. The fourth-order valence-corrected chi connectivity index (χ4v) is 18.0. The van der Waals surface area contributed by atoms with Crippen LogP contribution in [0.4, 0.5) is 82.8 Å². The van der Waals surface area contributed by atoms with Gasteiger partial charge < -0.3 is 79.2 Å². The third-order valence-corrected chi connectivity index (χ3v) is 25.1. The van der Waals surface area contributed by atoms with Crippen molar-refractivity contribution in [2.24, 2.45) is 5.73 Å². The zero-order valence-electron chi connectivity index (χ0n) is 77.9. The number of halogens is 9. The quantitative estimate of drug-likeness (QED) is 0.0129. The average molecular weight is 2580 g/mol. The predicted molar refractivity (Wildman–Crippen MR) is 541 cm³/mol. The van der Waals surface area contributed by atoms with Gasteiger partial charge in [-0.05, 0) is 173 Å². The fourth-order valence-electron chi connectivity index (χ4n) is 18.0. The number of nitrogens with zero attached hydrogens (tertiary/aromatic N) is 12. The maximum absolute atomic E-state index is 14.4. The molecule has 12 aliphatic rings. The second-order valence-corrected chi connectivity index (χ2v) is 62.7. The molecule has 143 heavy (non-hydrogen) atoms. The molecule has 8 amide bonds. The number of carbonyl (C=O) groups is 13. The van der Waals surface area contributed by atoms with Crippen LogP contribution in [0.15, 0.2) is 97.1 Å². The monoisotopic (exact) mass is 2570 g/mol. The van der Waals surface area contributed by atoms with Gasteiger partial charge in [0.25, 0.3) is 0 Å². The van der Waals surface area contributed by atoms with E-state index >= 15 is 0 Å². The zero-order valence-corrected chi connectivity index (χ0v) is 90.1. The Hall–Kier alpha value is -10.2. The molecule has 0 spiro atoms. The zero-order chi connectivity index (χ0) is 102. The summed E-state index contributed by atoms with van der Waals surface area (Å²) < 4.78 is 99.5. The van der Waals surface area contributed by atoms with Crippen molar-refractivity contribution in [2.45, 2.75) is 147 Å². The van der Waals surface area contributed by atoms with Crippen LogP contribution >= 0.6 is 77.2 Å². The summed E-state index contributed by atoms with van der Waals surface area (Å²) in [5.74, 6) is 2.11. The van der Waals surface area contributed by atoms with Crippen LogP contribution in [-0.2, 0) is 138 Å². The molecular weight excluding hydrogens is 2470 g/mol. The van der Waals surface area contributed by atoms with Gasteiger partial charge in [0, 0.05) is 64.5 Å². The van der Waals surface area contributed by atoms with E-state index in [9.17, 15) is 79.9 Å². The summed E-state index contributed by atoms with van der Waals surface area (Å²) in [6.45, 7) is 5.09. The molecule has 4 saturated heterocycles. The first-order valence-electron chi connectivity index (χ1n) is 45.7. The molecule has 759 valence electrons. The number of fused-ring (bicyclic) bond motifs is 8. The van der Waals surface area contributed by atoms with Crippen molar-refractivity contribution in [3.8, 4) is 23.0 Å². The molecule has 4 unspecified atom stereocenters. The molecule has 16 heterocycles. The molecule has 12 aliphatic heterocycles. The van der Waals surface area contributed by atoms with Crippen LogP contribution in [0.1, 0.15) is 123 Å². The Kier molecular flexibility index (Phi) is 38.5. The van der Waals surface area contributed by atoms with Crippen LogP contribution in [0.3, 0.4) is 0 Å². The average Bonchev–Trinajstić information content (AvgIpc) is 1.64. The molecule has 4 aromatic carbocycles. The number of aldehydes is 1. The van der Waals surface area contributed by atoms with Crippen LogP contribution < -0.4 is 93.1 Å². The molecule has 8 aromatic rings. The van der Waals surface area contributed by atoms with Gasteiger partial charge in [-0.1, -0.05) is 24.3 Å². The van der Waals surface area contributed by atoms with E-state index in [0.29, 0.717) is 254 Å². The van der Waals surface area contributed by atoms with Crippen LogP contribution in [0.5, 0.6) is 23.0 Å². The molecule has 37 nitrogen and oxygen atoms in total. The van der Waals surface area contributed by atoms with Crippen molar-refractivity contribution >= 4 is 201 Å². The van der Waals surface area contributed by atoms with E-state index in [-0.39, 0.29) is 153 Å². The molecular formula is C96H100F4I5N16O21V-. The van der Waals surface area contributed by atoms with Crippen molar-refractivity contribution in [3.63, 3.8) is 0 Å². The van der Waals surface area contributed by atoms with Crippen molar-refractivity contribution < 1.29 is 141 Å². The number of ketones is 4. The molecule has 4 fully saturated rings. The van der Waals surface area contributed by atoms with Gasteiger partial charge in [0.1, 0.15) is 120 Å². The number of cyclic esters (lactones) is 4. The Bertz CT molecular complexity index is 5800. The minimum atomic E-state index is -0.583. The standard InChI is InChI=1S/3C24H25FN4O5.C14H17N3O4.C10H8FNO2.I3.2HI.V/c3*1-28-22(31)9-14-4-5-18(25)17(23(14)28)11-26-8-2-3-16-12-29(24(32)34-16)21-7-6-20-19(27-21)10-15(30)13-33-20;15-5-1-2-10-7-17(14(19)21-10)13-4-3-12-11(16-13)6-9(18)8-20-12;1-12-9(14)4-6-2-3-8(11)7(5-13)10(6)12;1-3-2;;;/h3*4-7,16,26H,2-3,8-13H2,1H3;3-4,10H,1-2,5-8,15H2;2-3,5H,4H2,1H3;;2*1H;/q;;;;;-1;;;+2/p-2. The molecule has 47 heteroatoms.